The number of hydrogen-bond donors (Lipinski definition) is 2. The molecule has 1 aromatic carbocycles. The summed E-state index contributed by atoms with van der Waals surface area (Å²) >= 11 is 3.44. The number of pyridine rings is 1. The topological polar surface area (TPSA) is 67.6 Å². The fourth-order valence-electron chi connectivity index (χ4n) is 2.21. The second kappa shape index (κ2) is 5.09. The number of halogens is 1. The number of nitrogens with one attached hydrogen (secondary N) is 1. The third-order valence-corrected chi connectivity index (χ3v) is 3.73. The highest BCUT2D eigenvalue weighted by Gasteiger charge is 2.16. The number of hydrogen-bond acceptors (Lipinski definition) is 3. The third kappa shape index (κ3) is 2.20. The molecule has 0 aliphatic rings. The van der Waals surface area contributed by atoms with Crippen LogP contribution in [0.15, 0.2) is 47.1 Å². The Hall–Kier alpha value is -2.14. The van der Waals surface area contributed by atoms with Crippen LogP contribution in [0.1, 0.15) is 5.69 Å². The maximum Gasteiger partial charge on any atom is 0.153 e. The van der Waals surface area contributed by atoms with E-state index in [9.17, 15) is 0 Å². The SMILES string of the molecule is Cc1ncccc1-c1[nH]nc(N)c1-c1ccc(Br)cc1. The molecule has 0 unspecified atom stereocenters. The maximum absolute atomic E-state index is 6.02. The highest BCUT2D eigenvalue weighted by atomic mass is 79.9. The van der Waals surface area contributed by atoms with E-state index in [0.717, 1.165) is 32.6 Å². The van der Waals surface area contributed by atoms with E-state index in [4.69, 9.17) is 5.73 Å². The second-order valence-electron chi connectivity index (χ2n) is 4.50. The summed E-state index contributed by atoms with van der Waals surface area (Å²) in [6.45, 7) is 1.97. The van der Waals surface area contributed by atoms with Gasteiger partial charge in [-0.05, 0) is 36.8 Å². The van der Waals surface area contributed by atoms with Crippen molar-refractivity contribution in [2.75, 3.05) is 5.73 Å². The molecular formula is C15H13BrN4. The van der Waals surface area contributed by atoms with Crippen molar-refractivity contribution >= 4 is 21.7 Å². The largest absolute Gasteiger partial charge is 0.382 e. The average molecular weight is 329 g/mol. The maximum atomic E-state index is 6.02. The number of H-pyrrole nitrogens is 1. The molecule has 0 fully saturated rings. The number of aryl methyl sites for hydroxylation is 1. The summed E-state index contributed by atoms with van der Waals surface area (Å²) < 4.78 is 1.03. The van der Waals surface area contributed by atoms with Crippen LogP contribution in [0, 0.1) is 6.92 Å². The number of nitrogens with two attached hydrogens (primary N) is 1. The van der Waals surface area contributed by atoms with Crippen molar-refractivity contribution in [2.45, 2.75) is 6.92 Å². The van der Waals surface area contributed by atoms with Crippen LogP contribution in [-0.2, 0) is 0 Å². The summed E-state index contributed by atoms with van der Waals surface area (Å²) in [5.41, 5.74) is 10.8. The van der Waals surface area contributed by atoms with Crippen LogP contribution in [0.5, 0.6) is 0 Å². The summed E-state index contributed by atoms with van der Waals surface area (Å²) in [4.78, 5) is 4.32. The van der Waals surface area contributed by atoms with E-state index in [1.165, 1.54) is 0 Å². The summed E-state index contributed by atoms with van der Waals surface area (Å²) in [5, 5.41) is 7.16. The minimum absolute atomic E-state index is 0.491. The Labute approximate surface area is 125 Å². The lowest BCUT2D eigenvalue weighted by molar-refractivity contribution is 1.09. The molecule has 3 aromatic rings. The van der Waals surface area contributed by atoms with Gasteiger partial charge in [-0.3, -0.25) is 10.1 Å². The van der Waals surface area contributed by atoms with Gasteiger partial charge in [-0.1, -0.05) is 28.1 Å². The molecule has 20 heavy (non-hydrogen) atoms. The molecule has 5 heteroatoms. The zero-order valence-electron chi connectivity index (χ0n) is 10.9. The van der Waals surface area contributed by atoms with Crippen LogP contribution in [0.4, 0.5) is 5.82 Å². The molecule has 100 valence electrons. The van der Waals surface area contributed by atoms with Crippen molar-refractivity contribution in [1.82, 2.24) is 15.2 Å². The number of anilines is 1. The minimum atomic E-state index is 0.491. The molecule has 0 aliphatic carbocycles. The number of aromatic nitrogens is 3. The molecule has 0 radical (unpaired) electrons. The van der Waals surface area contributed by atoms with Gasteiger partial charge in [0.25, 0.3) is 0 Å². The minimum Gasteiger partial charge on any atom is -0.382 e. The summed E-state index contributed by atoms with van der Waals surface area (Å²) in [6.07, 6.45) is 1.78. The number of nitrogen functional groups attached to an aromatic ring is 1. The van der Waals surface area contributed by atoms with Crippen LogP contribution in [0.3, 0.4) is 0 Å². The van der Waals surface area contributed by atoms with Crippen molar-refractivity contribution in [1.29, 1.82) is 0 Å². The van der Waals surface area contributed by atoms with E-state index in [1.807, 2.05) is 43.3 Å². The Kier molecular flexibility index (Phi) is 3.28. The highest BCUT2D eigenvalue weighted by Crippen LogP contribution is 2.35. The molecule has 4 nitrogen and oxygen atoms in total. The van der Waals surface area contributed by atoms with Gasteiger partial charge in [0.1, 0.15) is 0 Å². The molecule has 0 aliphatic heterocycles. The molecule has 0 spiro atoms. The van der Waals surface area contributed by atoms with Crippen LogP contribution >= 0.6 is 15.9 Å². The first-order valence-electron chi connectivity index (χ1n) is 6.18. The van der Waals surface area contributed by atoms with Crippen LogP contribution in [0.25, 0.3) is 22.4 Å². The van der Waals surface area contributed by atoms with Gasteiger partial charge in [-0.2, -0.15) is 5.10 Å². The first-order valence-corrected chi connectivity index (χ1v) is 6.98. The fraction of sp³-hybridized carbons (Fsp3) is 0.0667. The van der Waals surface area contributed by atoms with Gasteiger partial charge in [0.2, 0.25) is 0 Å². The highest BCUT2D eigenvalue weighted by molar-refractivity contribution is 9.10. The van der Waals surface area contributed by atoms with Crippen LogP contribution in [-0.4, -0.2) is 15.2 Å². The quantitative estimate of drug-likeness (QED) is 0.752. The number of nitrogens with zero attached hydrogens (tertiary/aromatic N) is 2. The molecule has 2 heterocycles. The lowest BCUT2D eigenvalue weighted by atomic mass is 10.0. The van der Waals surface area contributed by atoms with Gasteiger partial charge in [0, 0.05) is 21.9 Å². The second-order valence-corrected chi connectivity index (χ2v) is 5.42. The summed E-state index contributed by atoms with van der Waals surface area (Å²) in [6, 6.07) is 11.9. The van der Waals surface area contributed by atoms with E-state index >= 15 is 0 Å². The number of aromatic amines is 1. The van der Waals surface area contributed by atoms with E-state index in [1.54, 1.807) is 6.20 Å². The Bertz CT molecular complexity index is 747. The first-order chi connectivity index (χ1) is 9.66. The predicted molar refractivity (Wildman–Crippen MR) is 84.1 cm³/mol. The number of benzene rings is 1. The molecular weight excluding hydrogens is 316 g/mol. The van der Waals surface area contributed by atoms with Crippen molar-refractivity contribution in [3.63, 3.8) is 0 Å². The summed E-state index contributed by atoms with van der Waals surface area (Å²) in [7, 11) is 0. The Balaban J connectivity index is 2.20. The smallest absolute Gasteiger partial charge is 0.153 e. The van der Waals surface area contributed by atoms with Crippen molar-refractivity contribution in [2.24, 2.45) is 0 Å². The van der Waals surface area contributed by atoms with Gasteiger partial charge in [-0.25, -0.2) is 0 Å². The van der Waals surface area contributed by atoms with Gasteiger partial charge >= 0.3 is 0 Å². The van der Waals surface area contributed by atoms with Gasteiger partial charge in [0.05, 0.1) is 11.3 Å². The normalized spacial score (nSPS) is 10.7. The van der Waals surface area contributed by atoms with E-state index in [-0.39, 0.29) is 0 Å². The van der Waals surface area contributed by atoms with Crippen molar-refractivity contribution in [3.05, 3.63) is 52.8 Å². The van der Waals surface area contributed by atoms with Crippen molar-refractivity contribution < 1.29 is 0 Å². The zero-order valence-corrected chi connectivity index (χ0v) is 12.5. The van der Waals surface area contributed by atoms with E-state index < -0.39 is 0 Å². The third-order valence-electron chi connectivity index (χ3n) is 3.20. The molecule has 0 saturated carbocycles. The number of rotatable bonds is 2. The molecule has 0 atom stereocenters. The average Bonchev–Trinajstić information content (AvgIpc) is 2.82. The standard InChI is InChI=1S/C15H13BrN4/c1-9-12(3-2-8-18-9)14-13(15(17)20-19-14)10-4-6-11(16)7-5-10/h2-8H,1H3,(H3,17,19,20). The zero-order chi connectivity index (χ0) is 14.1. The van der Waals surface area contributed by atoms with Crippen molar-refractivity contribution in [3.8, 4) is 22.4 Å². The van der Waals surface area contributed by atoms with Crippen LogP contribution in [0.2, 0.25) is 0 Å². The van der Waals surface area contributed by atoms with Crippen LogP contribution < -0.4 is 5.73 Å². The van der Waals surface area contributed by atoms with Gasteiger partial charge < -0.3 is 5.73 Å². The molecule has 3 N–H and O–H groups in total. The molecule has 0 amide bonds. The predicted octanol–water partition coefficient (Wildman–Crippen LogP) is 3.79. The van der Waals surface area contributed by atoms with E-state index in [0.29, 0.717) is 5.82 Å². The van der Waals surface area contributed by atoms with Gasteiger partial charge in [0.15, 0.2) is 5.82 Å². The lowest BCUT2D eigenvalue weighted by Gasteiger charge is -2.07. The fourth-order valence-corrected chi connectivity index (χ4v) is 2.47. The Morgan fingerprint density at radius 3 is 2.60 bits per heavy atom. The molecule has 3 rings (SSSR count). The molecule has 0 bridgehead atoms. The Morgan fingerprint density at radius 1 is 1.15 bits per heavy atom. The monoisotopic (exact) mass is 328 g/mol. The first kappa shape index (κ1) is 12.9. The van der Waals surface area contributed by atoms with Gasteiger partial charge in [-0.15, -0.1) is 0 Å². The Morgan fingerprint density at radius 2 is 1.90 bits per heavy atom. The molecule has 2 aromatic heterocycles. The lowest BCUT2D eigenvalue weighted by Crippen LogP contribution is -1.91. The molecule has 0 saturated heterocycles. The summed E-state index contributed by atoms with van der Waals surface area (Å²) in [5.74, 6) is 0.491. The van der Waals surface area contributed by atoms with E-state index in [2.05, 4.69) is 31.1 Å².